The minimum Gasteiger partial charge on any atom is -0.352 e. The van der Waals surface area contributed by atoms with E-state index in [0.717, 1.165) is 31.4 Å². The SMILES string of the molecule is O=C(NCCC1CCC1)c1cc(Cl)cc(S(=O)(=O)Cl)c1F. The van der Waals surface area contributed by atoms with Crippen LogP contribution in [0.1, 0.15) is 36.0 Å². The highest BCUT2D eigenvalue weighted by atomic mass is 35.7. The van der Waals surface area contributed by atoms with Gasteiger partial charge in [0.15, 0.2) is 5.82 Å². The van der Waals surface area contributed by atoms with Crippen LogP contribution in [0.3, 0.4) is 0 Å². The zero-order valence-corrected chi connectivity index (χ0v) is 13.4. The second-order valence-corrected chi connectivity index (χ2v) is 8.02. The first-order valence-corrected chi connectivity index (χ1v) is 9.19. The fraction of sp³-hybridized carbons (Fsp3) is 0.462. The number of rotatable bonds is 5. The van der Waals surface area contributed by atoms with Gasteiger partial charge in [-0.25, -0.2) is 12.8 Å². The summed E-state index contributed by atoms with van der Waals surface area (Å²) in [6, 6.07) is 1.96. The number of benzene rings is 1. The van der Waals surface area contributed by atoms with E-state index in [1.165, 1.54) is 6.42 Å². The van der Waals surface area contributed by atoms with Gasteiger partial charge in [-0.15, -0.1) is 0 Å². The molecule has 1 amide bonds. The maximum absolute atomic E-state index is 14.1. The molecule has 1 aliphatic rings. The summed E-state index contributed by atoms with van der Waals surface area (Å²) in [5.74, 6) is -1.28. The van der Waals surface area contributed by atoms with Crippen molar-refractivity contribution >= 4 is 37.2 Å². The highest BCUT2D eigenvalue weighted by Crippen LogP contribution is 2.29. The number of hydrogen-bond acceptors (Lipinski definition) is 3. The molecule has 1 aliphatic carbocycles. The van der Waals surface area contributed by atoms with Crippen molar-refractivity contribution < 1.29 is 17.6 Å². The molecule has 0 atom stereocenters. The Morgan fingerprint density at radius 2 is 2.05 bits per heavy atom. The van der Waals surface area contributed by atoms with Gasteiger partial charge in [0.25, 0.3) is 15.0 Å². The first kappa shape index (κ1) is 16.5. The van der Waals surface area contributed by atoms with Crippen molar-refractivity contribution in [3.63, 3.8) is 0 Å². The van der Waals surface area contributed by atoms with E-state index >= 15 is 0 Å². The molecule has 0 spiro atoms. The van der Waals surface area contributed by atoms with Crippen LogP contribution in [0.25, 0.3) is 0 Å². The Morgan fingerprint density at radius 3 is 2.57 bits per heavy atom. The van der Waals surface area contributed by atoms with Gasteiger partial charge in [0.05, 0.1) is 5.56 Å². The van der Waals surface area contributed by atoms with Crippen LogP contribution in [0.4, 0.5) is 4.39 Å². The number of hydrogen-bond donors (Lipinski definition) is 1. The highest BCUT2D eigenvalue weighted by molar-refractivity contribution is 8.13. The lowest BCUT2D eigenvalue weighted by Gasteiger charge is -2.25. The second-order valence-electron chi connectivity index (χ2n) is 5.04. The van der Waals surface area contributed by atoms with Crippen LogP contribution in [0.15, 0.2) is 17.0 Å². The fourth-order valence-corrected chi connectivity index (χ4v) is 3.38. The molecule has 0 heterocycles. The summed E-state index contributed by atoms with van der Waals surface area (Å²) >= 11 is 5.72. The van der Waals surface area contributed by atoms with E-state index in [1.54, 1.807) is 0 Å². The molecule has 1 fully saturated rings. The van der Waals surface area contributed by atoms with Crippen LogP contribution in [0.5, 0.6) is 0 Å². The van der Waals surface area contributed by atoms with E-state index in [1.807, 2.05) is 0 Å². The van der Waals surface area contributed by atoms with Crippen molar-refractivity contribution in [1.82, 2.24) is 5.32 Å². The lowest BCUT2D eigenvalue weighted by Crippen LogP contribution is -2.28. The normalized spacial score (nSPS) is 15.6. The number of nitrogens with one attached hydrogen (secondary N) is 1. The van der Waals surface area contributed by atoms with Crippen molar-refractivity contribution in [3.05, 3.63) is 28.5 Å². The molecule has 4 nitrogen and oxygen atoms in total. The second kappa shape index (κ2) is 6.50. The molecule has 8 heteroatoms. The largest absolute Gasteiger partial charge is 0.352 e. The van der Waals surface area contributed by atoms with E-state index < -0.39 is 31.2 Å². The van der Waals surface area contributed by atoms with Gasteiger partial charge >= 0.3 is 0 Å². The lowest BCUT2D eigenvalue weighted by molar-refractivity contribution is 0.0944. The van der Waals surface area contributed by atoms with Gasteiger partial charge in [0, 0.05) is 22.2 Å². The van der Waals surface area contributed by atoms with E-state index in [-0.39, 0.29) is 5.02 Å². The molecule has 2 rings (SSSR count). The van der Waals surface area contributed by atoms with Crippen LogP contribution in [-0.4, -0.2) is 20.9 Å². The van der Waals surface area contributed by atoms with Crippen molar-refractivity contribution in [1.29, 1.82) is 0 Å². The van der Waals surface area contributed by atoms with Gasteiger partial charge in [-0.2, -0.15) is 0 Å². The van der Waals surface area contributed by atoms with E-state index in [0.29, 0.717) is 12.5 Å². The van der Waals surface area contributed by atoms with E-state index in [2.05, 4.69) is 5.32 Å². The fourth-order valence-electron chi connectivity index (χ4n) is 2.17. The average Bonchev–Trinajstić information content (AvgIpc) is 2.33. The molecular formula is C13H14Cl2FNO3S. The van der Waals surface area contributed by atoms with Gasteiger partial charge in [-0.3, -0.25) is 4.79 Å². The summed E-state index contributed by atoms with van der Waals surface area (Å²) in [5, 5.41) is 2.50. The zero-order chi connectivity index (χ0) is 15.6. The number of carbonyl (C=O) groups excluding carboxylic acids is 1. The minimum absolute atomic E-state index is 0.0697. The summed E-state index contributed by atoms with van der Waals surface area (Å²) in [6.45, 7) is 0.415. The third-order valence-corrected chi connectivity index (χ3v) is 5.11. The third-order valence-electron chi connectivity index (χ3n) is 3.57. The summed E-state index contributed by atoms with van der Waals surface area (Å²) in [7, 11) is 0.819. The molecule has 0 saturated heterocycles. The summed E-state index contributed by atoms with van der Waals surface area (Å²) in [4.78, 5) is 11.1. The summed E-state index contributed by atoms with van der Waals surface area (Å²) in [6.07, 6.45) is 4.33. The van der Waals surface area contributed by atoms with Crippen molar-refractivity contribution in [2.75, 3.05) is 6.54 Å². The molecule has 0 bridgehead atoms. The quantitative estimate of drug-likeness (QED) is 0.825. The van der Waals surface area contributed by atoms with Crippen LogP contribution >= 0.6 is 22.3 Å². The van der Waals surface area contributed by atoms with Crippen molar-refractivity contribution in [2.45, 2.75) is 30.6 Å². The highest BCUT2D eigenvalue weighted by Gasteiger charge is 2.24. The van der Waals surface area contributed by atoms with Crippen molar-refractivity contribution in [2.24, 2.45) is 5.92 Å². The number of carbonyl (C=O) groups is 1. The minimum atomic E-state index is -4.31. The number of halogens is 3. The molecular weight excluding hydrogens is 340 g/mol. The molecule has 0 radical (unpaired) electrons. The predicted octanol–water partition coefficient (Wildman–Crippen LogP) is 3.33. The molecule has 21 heavy (non-hydrogen) atoms. The van der Waals surface area contributed by atoms with E-state index in [9.17, 15) is 17.6 Å². The van der Waals surface area contributed by atoms with E-state index in [4.69, 9.17) is 22.3 Å². The molecule has 0 aromatic heterocycles. The average molecular weight is 354 g/mol. The topological polar surface area (TPSA) is 63.2 Å². The van der Waals surface area contributed by atoms with Crippen LogP contribution < -0.4 is 5.32 Å². The molecule has 1 aromatic carbocycles. The molecule has 0 aliphatic heterocycles. The van der Waals surface area contributed by atoms with Gasteiger partial charge in [0.2, 0.25) is 0 Å². The van der Waals surface area contributed by atoms with Gasteiger partial charge < -0.3 is 5.32 Å². The summed E-state index contributed by atoms with van der Waals surface area (Å²) in [5.41, 5.74) is -0.421. The smallest absolute Gasteiger partial charge is 0.264 e. The Labute approximate surface area is 132 Å². The first-order valence-electron chi connectivity index (χ1n) is 6.51. The Balaban J connectivity index is 2.14. The molecule has 116 valence electrons. The lowest BCUT2D eigenvalue weighted by atomic mass is 9.83. The maximum atomic E-state index is 14.1. The molecule has 0 unspecified atom stereocenters. The van der Waals surface area contributed by atoms with Gasteiger partial charge in [-0.05, 0) is 24.5 Å². The van der Waals surface area contributed by atoms with Crippen LogP contribution in [-0.2, 0) is 9.05 Å². The monoisotopic (exact) mass is 353 g/mol. The standard InChI is InChI=1S/C13H14Cl2FNO3S/c14-9-6-10(12(16)11(7-9)21(15,19)20)13(18)17-5-4-8-2-1-3-8/h6-8H,1-5H2,(H,17,18). The predicted molar refractivity (Wildman–Crippen MR) is 78.7 cm³/mol. The first-order chi connectivity index (χ1) is 9.79. The van der Waals surface area contributed by atoms with Gasteiger partial charge in [0.1, 0.15) is 4.90 Å². The Hall–Kier alpha value is -0.850. The number of amides is 1. The Kier molecular flexibility index (Phi) is 5.11. The Morgan fingerprint density at radius 1 is 1.38 bits per heavy atom. The van der Waals surface area contributed by atoms with Gasteiger partial charge in [-0.1, -0.05) is 30.9 Å². The third kappa shape index (κ3) is 4.08. The zero-order valence-electron chi connectivity index (χ0n) is 11.0. The van der Waals surface area contributed by atoms with Crippen LogP contribution in [0, 0.1) is 11.7 Å². The van der Waals surface area contributed by atoms with Crippen molar-refractivity contribution in [3.8, 4) is 0 Å². The molecule has 1 saturated carbocycles. The summed E-state index contributed by atoms with van der Waals surface area (Å²) < 4.78 is 36.6. The maximum Gasteiger partial charge on any atom is 0.264 e. The molecule has 1 aromatic rings. The molecule has 1 N–H and O–H groups in total. The van der Waals surface area contributed by atoms with Crippen LogP contribution in [0.2, 0.25) is 5.02 Å². The Bertz CT molecular complexity index is 660.